The minimum atomic E-state index is -0.0143. The summed E-state index contributed by atoms with van der Waals surface area (Å²) in [6.45, 7) is 10.4. The smallest absolute Gasteiger partial charge is 0.272 e. The number of aromatic nitrogens is 2. The average molecular weight is 340 g/mol. The van der Waals surface area contributed by atoms with Gasteiger partial charge in [0.15, 0.2) is 0 Å². The Hall–Kier alpha value is -2.43. The molecule has 5 heteroatoms. The molecule has 0 aliphatic rings. The Kier molecular flexibility index (Phi) is 6.92. The number of rotatable bonds is 8. The van der Waals surface area contributed by atoms with Crippen molar-refractivity contribution in [3.8, 4) is 0 Å². The van der Waals surface area contributed by atoms with E-state index in [4.69, 9.17) is 0 Å². The molecule has 1 amide bonds. The van der Waals surface area contributed by atoms with E-state index in [9.17, 15) is 4.79 Å². The second-order valence-electron chi connectivity index (χ2n) is 6.07. The number of hydrogen-bond acceptors (Lipinski definition) is 4. The number of aryl methyl sites for hydroxylation is 1. The zero-order valence-corrected chi connectivity index (χ0v) is 15.7. The molecule has 25 heavy (non-hydrogen) atoms. The Bertz CT molecular complexity index is 681. The molecule has 0 saturated heterocycles. The third kappa shape index (κ3) is 4.78. The van der Waals surface area contributed by atoms with Crippen LogP contribution in [0, 0.1) is 6.92 Å². The number of hydrogen-bond donors (Lipinski definition) is 0. The molecule has 2 rings (SSSR count). The van der Waals surface area contributed by atoms with Gasteiger partial charge in [0, 0.05) is 31.0 Å². The number of amides is 1. The Morgan fingerprint density at radius 2 is 1.64 bits per heavy atom. The van der Waals surface area contributed by atoms with Crippen LogP contribution in [0.3, 0.4) is 0 Å². The maximum Gasteiger partial charge on any atom is 0.272 e. The summed E-state index contributed by atoms with van der Waals surface area (Å²) in [6.07, 6.45) is 1.88. The van der Waals surface area contributed by atoms with Gasteiger partial charge in [-0.15, -0.1) is 0 Å². The van der Waals surface area contributed by atoms with E-state index in [1.807, 2.05) is 47.1 Å². The molecule has 0 aliphatic heterocycles. The Morgan fingerprint density at radius 3 is 2.20 bits per heavy atom. The summed E-state index contributed by atoms with van der Waals surface area (Å²) in [6, 6.07) is 11.8. The van der Waals surface area contributed by atoms with E-state index in [1.54, 1.807) is 6.07 Å². The number of carbonyl (C=O) groups excluding carboxylic acids is 1. The fourth-order valence-electron chi connectivity index (χ4n) is 2.85. The van der Waals surface area contributed by atoms with Gasteiger partial charge >= 0.3 is 0 Å². The SMILES string of the molecule is CCCN(CCC)C(=O)c1cc(C)nc(N(CC)c2ccccc2)n1. The van der Waals surface area contributed by atoms with Crippen molar-refractivity contribution in [3.05, 3.63) is 47.8 Å². The normalized spacial score (nSPS) is 10.6. The second kappa shape index (κ2) is 9.16. The van der Waals surface area contributed by atoms with Crippen molar-refractivity contribution in [1.29, 1.82) is 0 Å². The summed E-state index contributed by atoms with van der Waals surface area (Å²) in [5.74, 6) is 0.560. The topological polar surface area (TPSA) is 49.3 Å². The maximum absolute atomic E-state index is 12.9. The molecule has 134 valence electrons. The van der Waals surface area contributed by atoms with Crippen LogP contribution in [0.15, 0.2) is 36.4 Å². The van der Waals surface area contributed by atoms with Crippen LogP contribution in [0.1, 0.15) is 49.8 Å². The molecule has 0 N–H and O–H groups in total. The first-order chi connectivity index (χ1) is 12.1. The average Bonchev–Trinajstić information content (AvgIpc) is 2.62. The van der Waals surface area contributed by atoms with Gasteiger partial charge in [-0.1, -0.05) is 32.0 Å². The van der Waals surface area contributed by atoms with Crippen LogP contribution >= 0.6 is 0 Å². The highest BCUT2D eigenvalue weighted by molar-refractivity contribution is 5.92. The molecule has 0 spiro atoms. The van der Waals surface area contributed by atoms with Crippen molar-refractivity contribution in [2.75, 3.05) is 24.5 Å². The Labute approximate surface area is 150 Å². The lowest BCUT2D eigenvalue weighted by molar-refractivity contribution is 0.0749. The van der Waals surface area contributed by atoms with Crippen molar-refractivity contribution in [3.63, 3.8) is 0 Å². The lowest BCUT2D eigenvalue weighted by atomic mass is 10.2. The van der Waals surface area contributed by atoms with Gasteiger partial charge < -0.3 is 9.80 Å². The molecule has 0 fully saturated rings. The molecule has 0 bridgehead atoms. The highest BCUT2D eigenvalue weighted by Crippen LogP contribution is 2.22. The van der Waals surface area contributed by atoms with Crippen LogP contribution in [-0.4, -0.2) is 40.4 Å². The van der Waals surface area contributed by atoms with Crippen LogP contribution in [0.5, 0.6) is 0 Å². The summed E-state index contributed by atoms with van der Waals surface area (Å²) in [7, 11) is 0. The van der Waals surface area contributed by atoms with Crippen LogP contribution in [-0.2, 0) is 0 Å². The van der Waals surface area contributed by atoms with Crippen LogP contribution in [0.4, 0.5) is 11.6 Å². The van der Waals surface area contributed by atoms with Gasteiger partial charge in [-0.05, 0) is 44.9 Å². The van der Waals surface area contributed by atoms with Gasteiger partial charge in [-0.2, -0.15) is 0 Å². The molecule has 0 atom stereocenters. The molecule has 1 heterocycles. The lowest BCUT2D eigenvalue weighted by Crippen LogP contribution is -2.33. The summed E-state index contributed by atoms with van der Waals surface area (Å²) in [4.78, 5) is 25.9. The largest absolute Gasteiger partial charge is 0.337 e. The summed E-state index contributed by atoms with van der Waals surface area (Å²) in [5.41, 5.74) is 2.29. The number of para-hydroxylation sites is 1. The number of carbonyl (C=O) groups is 1. The van der Waals surface area contributed by atoms with Crippen LogP contribution in [0.25, 0.3) is 0 Å². The van der Waals surface area contributed by atoms with E-state index in [0.717, 1.165) is 43.9 Å². The molecule has 5 nitrogen and oxygen atoms in total. The molecule has 1 aromatic carbocycles. The maximum atomic E-state index is 12.9. The minimum absolute atomic E-state index is 0.0143. The highest BCUT2D eigenvalue weighted by Gasteiger charge is 2.19. The van der Waals surface area contributed by atoms with Gasteiger partial charge in [-0.3, -0.25) is 4.79 Å². The van der Waals surface area contributed by atoms with Gasteiger partial charge in [-0.25, -0.2) is 9.97 Å². The zero-order valence-electron chi connectivity index (χ0n) is 15.7. The first kappa shape index (κ1) is 18.9. The quantitative estimate of drug-likeness (QED) is 0.722. The predicted molar refractivity (Wildman–Crippen MR) is 102 cm³/mol. The van der Waals surface area contributed by atoms with Crippen molar-refractivity contribution in [2.24, 2.45) is 0 Å². The van der Waals surface area contributed by atoms with E-state index in [-0.39, 0.29) is 5.91 Å². The zero-order chi connectivity index (χ0) is 18.2. The fraction of sp³-hybridized carbons (Fsp3) is 0.450. The van der Waals surface area contributed by atoms with Crippen molar-refractivity contribution in [2.45, 2.75) is 40.5 Å². The van der Waals surface area contributed by atoms with Gasteiger partial charge in [0.2, 0.25) is 5.95 Å². The highest BCUT2D eigenvalue weighted by atomic mass is 16.2. The third-order valence-electron chi connectivity index (χ3n) is 3.96. The van der Waals surface area contributed by atoms with Crippen molar-refractivity contribution in [1.82, 2.24) is 14.9 Å². The monoisotopic (exact) mass is 340 g/mol. The van der Waals surface area contributed by atoms with Gasteiger partial charge in [0.25, 0.3) is 5.91 Å². The third-order valence-corrected chi connectivity index (χ3v) is 3.96. The van der Waals surface area contributed by atoms with E-state index in [2.05, 4.69) is 30.7 Å². The number of nitrogens with zero attached hydrogens (tertiary/aromatic N) is 4. The van der Waals surface area contributed by atoms with Gasteiger partial charge in [0.1, 0.15) is 5.69 Å². The van der Waals surface area contributed by atoms with Crippen LogP contribution in [0.2, 0.25) is 0 Å². The Balaban J connectivity index is 2.37. The van der Waals surface area contributed by atoms with E-state index < -0.39 is 0 Å². The molecule has 2 aromatic rings. The van der Waals surface area contributed by atoms with Crippen molar-refractivity contribution >= 4 is 17.5 Å². The molecule has 0 radical (unpaired) electrons. The fourth-order valence-corrected chi connectivity index (χ4v) is 2.85. The van der Waals surface area contributed by atoms with E-state index >= 15 is 0 Å². The first-order valence-corrected chi connectivity index (χ1v) is 9.08. The Morgan fingerprint density at radius 1 is 1.00 bits per heavy atom. The number of benzene rings is 1. The molecule has 1 aromatic heterocycles. The molecule has 0 aliphatic carbocycles. The molecule has 0 unspecified atom stereocenters. The summed E-state index contributed by atoms with van der Waals surface area (Å²) >= 11 is 0. The first-order valence-electron chi connectivity index (χ1n) is 9.08. The molecule has 0 saturated carbocycles. The predicted octanol–water partition coefficient (Wildman–Crippen LogP) is 4.21. The van der Waals surface area contributed by atoms with E-state index in [1.165, 1.54) is 0 Å². The number of anilines is 2. The summed E-state index contributed by atoms with van der Waals surface area (Å²) < 4.78 is 0. The second-order valence-corrected chi connectivity index (χ2v) is 6.07. The van der Waals surface area contributed by atoms with Gasteiger partial charge in [0.05, 0.1) is 0 Å². The van der Waals surface area contributed by atoms with Crippen molar-refractivity contribution < 1.29 is 4.79 Å². The molecular formula is C20H28N4O. The van der Waals surface area contributed by atoms with E-state index in [0.29, 0.717) is 11.6 Å². The lowest BCUT2D eigenvalue weighted by Gasteiger charge is -2.24. The summed E-state index contributed by atoms with van der Waals surface area (Å²) in [5, 5.41) is 0. The minimum Gasteiger partial charge on any atom is -0.337 e. The molecular weight excluding hydrogens is 312 g/mol. The standard InChI is InChI=1S/C20H28N4O/c1-5-13-23(14-6-2)19(25)18-15-16(4)21-20(22-18)24(7-3)17-11-9-8-10-12-17/h8-12,15H,5-7,13-14H2,1-4H3. The van der Waals surface area contributed by atoms with Crippen LogP contribution < -0.4 is 4.90 Å².